The van der Waals surface area contributed by atoms with E-state index in [2.05, 4.69) is 10.3 Å². The Bertz CT molecular complexity index is 1310. The van der Waals surface area contributed by atoms with Crippen LogP contribution in [0, 0.1) is 0 Å². The Labute approximate surface area is 215 Å². The topological polar surface area (TPSA) is 116 Å². The van der Waals surface area contributed by atoms with Gasteiger partial charge in [-0.15, -0.1) is 0 Å². The molecule has 3 aromatic carbocycles. The molecule has 1 heterocycles. The summed E-state index contributed by atoms with van der Waals surface area (Å²) in [6.07, 6.45) is 3.71. The molecule has 4 rings (SSSR count). The summed E-state index contributed by atoms with van der Waals surface area (Å²) in [6.45, 7) is 2.94. The van der Waals surface area contributed by atoms with E-state index >= 15 is 0 Å². The van der Waals surface area contributed by atoms with Crippen molar-refractivity contribution in [3.63, 3.8) is 0 Å². The molecule has 0 radical (unpaired) electrons. The summed E-state index contributed by atoms with van der Waals surface area (Å²) in [4.78, 5) is 33.3. The lowest BCUT2D eigenvalue weighted by atomic mass is 10.1. The molecule has 0 aliphatic rings. The molecule has 188 valence electrons. The van der Waals surface area contributed by atoms with Gasteiger partial charge in [0.05, 0.1) is 0 Å². The van der Waals surface area contributed by atoms with E-state index in [4.69, 9.17) is 20.0 Å². The van der Waals surface area contributed by atoms with Gasteiger partial charge in [-0.25, -0.2) is 14.8 Å². The number of allylic oxidation sites excluding steroid dienone is 1. The summed E-state index contributed by atoms with van der Waals surface area (Å²) < 4.78 is 0. The van der Waals surface area contributed by atoms with Crippen LogP contribution in [0.5, 0.6) is 0 Å². The monoisotopic (exact) mass is 496 g/mol. The third-order valence-corrected chi connectivity index (χ3v) is 5.15. The van der Waals surface area contributed by atoms with Crippen LogP contribution >= 0.6 is 0 Å². The molecule has 1 amide bonds. The Balaban J connectivity index is 0.000000886. The number of aromatic nitrogens is 2. The standard InChI is InChI=1S/C28H26N4O.CH2O3/c1-2-3-19-32(21-22-13-7-4-8-14-22)28(33)25-20-29-26(23-15-9-5-10-16-23)31-27(25)30-24-17-11-6-12-18-24;2-1(3)4/h2-18,20H,19,21H2,1H3,(H,29,30,31);(H2,2,3,4)/b3-2+;. The first-order valence-electron chi connectivity index (χ1n) is 11.6. The summed E-state index contributed by atoms with van der Waals surface area (Å²) in [7, 11) is 0. The minimum atomic E-state index is -1.83. The molecular formula is C29H28N4O4. The molecule has 0 aliphatic heterocycles. The van der Waals surface area contributed by atoms with Gasteiger partial charge in [0.2, 0.25) is 0 Å². The van der Waals surface area contributed by atoms with E-state index in [1.165, 1.54) is 0 Å². The highest BCUT2D eigenvalue weighted by molar-refractivity contribution is 5.99. The minimum absolute atomic E-state index is 0.130. The van der Waals surface area contributed by atoms with Crippen molar-refractivity contribution in [1.29, 1.82) is 0 Å². The lowest BCUT2D eigenvalue weighted by molar-refractivity contribution is 0.0762. The summed E-state index contributed by atoms with van der Waals surface area (Å²) in [5, 5.41) is 17.3. The van der Waals surface area contributed by atoms with E-state index in [-0.39, 0.29) is 5.91 Å². The highest BCUT2D eigenvalue weighted by Crippen LogP contribution is 2.24. The molecule has 4 aromatic rings. The first kappa shape index (κ1) is 26.6. The van der Waals surface area contributed by atoms with Gasteiger partial charge in [-0.05, 0) is 24.6 Å². The number of hydrogen-bond acceptors (Lipinski definition) is 5. The number of rotatable bonds is 8. The molecule has 0 aliphatic carbocycles. The van der Waals surface area contributed by atoms with Crippen LogP contribution in [-0.4, -0.2) is 43.7 Å². The number of carboxylic acid groups (broad SMARTS) is 2. The van der Waals surface area contributed by atoms with E-state index in [1.54, 1.807) is 11.1 Å². The van der Waals surface area contributed by atoms with E-state index in [0.29, 0.717) is 30.3 Å². The second-order valence-corrected chi connectivity index (χ2v) is 7.84. The number of nitrogens with zero attached hydrogens (tertiary/aromatic N) is 3. The summed E-state index contributed by atoms with van der Waals surface area (Å²) >= 11 is 0. The molecule has 0 atom stereocenters. The van der Waals surface area contributed by atoms with Crippen LogP contribution in [0.15, 0.2) is 109 Å². The van der Waals surface area contributed by atoms with Gasteiger partial charge in [0, 0.05) is 30.5 Å². The van der Waals surface area contributed by atoms with Crippen molar-refractivity contribution in [3.8, 4) is 11.4 Å². The predicted octanol–water partition coefficient (Wildman–Crippen LogP) is 6.33. The molecule has 8 heteroatoms. The third-order valence-electron chi connectivity index (χ3n) is 5.15. The number of nitrogens with one attached hydrogen (secondary N) is 1. The largest absolute Gasteiger partial charge is 0.503 e. The molecule has 0 unspecified atom stereocenters. The maximum Gasteiger partial charge on any atom is 0.503 e. The first-order valence-corrected chi connectivity index (χ1v) is 11.6. The van der Waals surface area contributed by atoms with Crippen molar-refractivity contribution in [2.24, 2.45) is 0 Å². The predicted molar refractivity (Wildman–Crippen MR) is 144 cm³/mol. The van der Waals surface area contributed by atoms with Gasteiger partial charge in [-0.2, -0.15) is 0 Å². The number of anilines is 2. The fraction of sp³-hybridized carbons (Fsp3) is 0.103. The van der Waals surface area contributed by atoms with Crippen LogP contribution in [-0.2, 0) is 6.54 Å². The Morgan fingerprint density at radius 2 is 1.46 bits per heavy atom. The average molecular weight is 497 g/mol. The van der Waals surface area contributed by atoms with Gasteiger partial charge < -0.3 is 20.4 Å². The van der Waals surface area contributed by atoms with Crippen molar-refractivity contribution in [2.45, 2.75) is 13.5 Å². The number of para-hydroxylation sites is 1. The summed E-state index contributed by atoms with van der Waals surface area (Å²) in [5.41, 5.74) is 3.24. The molecule has 1 aromatic heterocycles. The number of amides is 1. The van der Waals surface area contributed by atoms with Gasteiger partial charge in [-0.1, -0.05) is 91.0 Å². The molecule has 37 heavy (non-hydrogen) atoms. The van der Waals surface area contributed by atoms with Crippen molar-refractivity contribution < 1.29 is 19.8 Å². The number of carbonyl (C=O) groups excluding carboxylic acids is 1. The highest BCUT2D eigenvalue weighted by Gasteiger charge is 2.21. The SMILES string of the molecule is C/C=C/CN(Cc1ccccc1)C(=O)c1cnc(-c2ccccc2)nc1Nc1ccccc1.O=C(O)O. The maximum atomic E-state index is 13.7. The van der Waals surface area contributed by atoms with Gasteiger partial charge >= 0.3 is 6.16 Å². The van der Waals surface area contributed by atoms with Crippen LogP contribution in [0.2, 0.25) is 0 Å². The molecule has 3 N–H and O–H groups in total. The van der Waals surface area contributed by atoms with Gasteiger partial charge in [0.15, 0.2) is 5.82 Å². The highest BCUT2D eigenvalue weighted by atomic mass is 16.6. The molecule has 8 nitrogen and oxygen atoms in total. The lowest BCUT2D eigenvalue weighted by Crippen LogP contribution is -2.31. The number of benzene rings is 3. The molecular weight excluding hydrogens is 468 g/mol. The zero-order valence-corrected chi connectivity index (χ0v) is 20.4. The number of carbonyl (C=O) groups is 2. The van der Waals surface area contributed by atoms with Gasteiger partial charge in [0.1, 0.15) is 11.4 Å². The fourth-order valence-electron chi connectivity index (χ4n) is 3.44. The zero-order valence-electron chi connectivity index (χ0n) is 20.4. The Morgan fingerprint density at radius 3 is 2.05 bits per heavy atom. The van der Waals surface area contributed by atoms with Crippen molar-refractivity contribution in [1.82, 2.24) is 14.9 Å². The van der Waals surface area contributed by atoms with E-state index < -0.39 is 6.16 Å². The van der Waals surface area contributed by atoms with E-state index in [9.17, 15) is 4.79 Å². The van der Waals surface area contributed by atoms with Crippen LogP contribution < -0.4 is 5.32 Å². The summed E-state index contributed by atoms with van der Waals surface area (Å²) in [5.74, 6) is 0.919. The van der Waals surface area contributed by atoms with E-state index in [1.807, 2.05) is 110 Å². The van der Waals surface area contributed by atoms with Crippen molar-refractivity contribution >= 4 is 23.6 Å². The number of hydrogen-bond donors (Lipinski definition) is 3. The Kier molecular flexibility index (Phi) is 9.92. The first-order chi connectivity index (χ1) is 18.0. The van der Waals surface area contributed by atoms with Crippen LogP contribution in [0.1, 0.15) is 22.8 Å². The lowest BCUT2D eigenvalue weighted by Gasteiger charge is -2.23. The quantitative estimate of drug-likeness (QED) is 0.244. The molecule has 0 fully saturated rings. The second kappa shape index (κ2) is 13.8. The van der Waals surface area contributed by atoms with Gasteiger partial charge in [-0.3, -0.25) is 4.79 Å². The fourth-order valence-corrected chi connectivity index (χ4v) is 3.44. The second-order valence-electron chi connectivity index (χ2n) is 7.84. The molecule has 0 bridgehead atoms. The van der Waals surface area contributed by atoms with Crippen molar-refractivity contribution in [3.05, 3.63) is 120 Å². The van der Waals surface area contributed by atoms with Crippen LogP contribution in [0.3, 0.4) is 0 Å². The van der Waals surface area contributed by atoms with Crippen LogP contribution in [0.4, 0.5) is 16.3 Å². The zero-order chi connectivity index (χ0) is 26.5. The normalized spacial score (nSPS) is 10.3. The molecule has 0 saturated carbocycles. The Morgan fingerprint density at radius 1 is 0.892 bits per heavy atom. The molecule has 0 saturated heterocycles. The van der Waals surface area contributed by atoms with E-state index in [0.717, 1.165) is 16.8 Å². The Hall–Kier alpha value is -4.98. The van der Waals surface area contributed by atoms with Gasteiger partial charge in [0.25, 0.3) is 5.91 Å². The molecule has 0 spiro atoms. The summed E-state index contributed by atoms with van der Waals surface area (Å²) in [6, 6.07) is 29.4. The van der Waals surface area contributed by atoms with Crippen molar-refractivity contribution in [2.75, 3.05) is 11.9 Å². The average Bonchev–Trinajstić information content (AvgIpc) is 2.92. The third kappa shape index (κ3) is 8.32. The maximum absolute atomic E-state index is 13.7. The minimum Gasteiger partial charge on any atom is -0.450 e. The van der Waals surface area contributed by atoms with Crippen LogP contribution in [0.25, 0.3) is 11.4 Å². The smallest absolute Gasteiger partial charge is 0.450 e.